The summed E-state index contributed by atoms with van der Waals surface area (Å²) in [7, 11) is 0. The number of aryl methyl sites for hydroxylation is 1. The van der Waals surface area contributed by atoms with Crippen LogP contribution in [0.3, 0.4) is 0 Å². The zero-order valence-corrected chi connectivity index (χ0v) is 13.0. The highest BCUT2D eigenvalue weighted by Crippen LogP contribution is 2.27. The van der Waals surface area contributed by atoms with Gasteiger partial charge in [0, 0.05) is 5.69 Å². The number of carbonyl (C=O) groups excluding carboxylic acids is 1. The summed E-state index contributed by atoms with van der Waals surface area (Å²) in [4.78, 5) is 12.3. The minimum atomic E-state index is -0.671. The molecular weight excluding hydrogens is 268 g/mol. The minimum Gasteiger partial charge on any atom is -0.324 e. The molecule has 1 fully saturated rings. The molecule has 3 N–H and O–H groups in total. The number of nitrogens with two attached hydrogens (primary N) is 1. The first-order valence-electron chi connectivity index (χ1n) is 7.32. The van der Waals surface area contributed by atoms with E-state index in [9.17, 15) is 4.79 Å². The average molecular weight is 292 g/mol. The van der Waals surface area contributed by atoms with Crippen LogP contribution in [0.2, 0.25) is 0 Å². The van der Waals surface area contributed by atoms with E-state index in [0.29, 0.717) is 0 Å². The number of nitrogens with one attached hydrogen (secondary N) is 1. The lowest BCUT2D eigenvalue weighted by atomic mass is 9.82. The molecular formula is C16H24N2OS. The maximum Gasteiger partial charge on any atom is 0.244 e. The van der Waals surface area contributed by atoms with Crippen LogP contribution in [-0.4, -0.2) is 23.5 Å². The average Bonchev–Trinajstić information content (AvgIpc) is 2.47. The Morgan fingerprint density at radius 1 is 1.25 bits per heavy atom. The molecule has 0 aromatic heterocycles. The second kappa shape index (κ2) is 7.14. The fourth-order valence-corrected chi connectivity index (χ4v) is 3.08. The normalized spacial score (nSPS) is 17.7. The van der Waals surface area contributed by atoms with Gasteiger partial charge in [0.05, 0.1) is 5.54 Å². The predicted octanol–water partition coefficient (Wildman–Crippen LogP) is 3.19. The van der Waals surface area contributed by atoms with Crippen LogP contribution in [-0.2, 0) is 11.2 Å². The van der Waals surface area contributed by atoms with Crippen LogP contribution >= 0.6 is 11.8 Å². The fourth-order valence-electron chi connectivity index (χ4n) is 2.64. The van der Waals surface area contributed by atoms with Gasteiger partial charge in [-0.1, -0.05) is 31.4 Å². The molecule has 1 aliphatic carbocycles. The number of rotatable bonds is 5. The zero-order chi connectivity index (χ0) is 14.4. The van der Waals surface area contributed by atoms with E-state index in [-0.39, 0.29) is 5.91 Å². The van der Waals surface area contributed by atoms with Gasteiger partial charge in [0.25, 0.3) is 0 Å². The Labute approximate surface area is 125 Å². The molecule has 0 aliphatic heterocycles. The molecule has 0 atom stereocenters. The number of anilines is 1. The van der Waals surface area contributed by atoms with Gasteiger partial charge in [0.2, 0.25) is 5.91 Å². The van der Waals surface area contributed by atoms with Crippen molar-refractivity contribution in [2.75, 3.05) is 17.3 Å². The van der Waals surface area contributed by atoms with E-state index in [1.807, 2.05) is 23.9 Å². The van der Waals surface area contributed by atoms with E-state index in [2.05, 4.69) is 23.7 Å². The van der Waals surface area contributed by atoms with Gasteiger partial charge in [0.15, 0.2) is 0 Å². The third kappa shape index (κ3) is 4.00. The van der Waals surface area contributed by atoms with Crippen LogP contribution in [0.15, 0.2) is 24.3 Å². The molecule has 110 valence electrons. The van der Waals surface area contributed by atoms with Gasteiger partial charge in [-0.2, -0.15) is 11.8 Å². The molecule has 0 bridgehead atoms. The SMILES string of the molecule is CSCCc1ccc(NC(=O)C2(N)CCCCC2)cc1. The van der Waals surface area contributed by atoms with Crippen molar-refractivity contribution < 1.29 is 4.79 Å². The van der Waals surface area contributed by atoms with Crippen LogP contribution in [0.4, 0.5) is 5.69 Å². The summed E-state index contributed by atoms with van der Waals surface area (Å²) in [6.45, 7) is 0. The number of amides is 1. The summed E-state index contributed by atoms with van der Waals surface area (Å²) in [5.41, 5.74) is 7.71. The standard InChI is InChI=1S/C16H24N2OS/c1-20-12-9-13-5-7-14(8-6-13)18-15(19)16(17)10-3-2-4-11-16/h5-8H,2-4,9-12,17H2,1H3,(H,18,19). The first-order chi connectivity index (χ1) is 9.64. The molecule has 1 amide bonds. The van der Waals surface area contributed by atoms with E-state index in [4.69, 9.17) is 5.73 Å². The molecule has 0 spiro atoms. The lowest BCUT2D eigenvalue weighted by molar-refractivity contribution is -0.122. The number of carbonyl (C=O) groups is 1. The first-order valence-corrected chi connectivity index (χ1v) is 8.72. The van der Waals surface area contributed by atoms with Crippen molar-refractivity contribution in [2.45, 2.75) is 44.1 Å². The van der Waals surface area contributed by atoms with Crippen LogP contribution < -0.4 is 11.1 Å². The number of hydrogen-bond acceptors (Lipinski definition) is 3. The minimum absolute atomic E-state index is 0.0333. The van der Waals surface area contributed by atoms with Crippen molar-refractivity contribution >= 4 is 23.4 Å². The van der Waals surface area contributed by atoms with E-state index < -0.39 is 5.54 Å². The number of benzene rings is 1. The Balaban J connectivity index is 1.93. The van der Waals surface area contributed by atoms with Crippen molar-refractivity contribution in [3.8, 4) is 0 Å². The van der Waals surface area contributed by atoms with Crippen molar-refractivity contribution in [1.82, 2.24) is 0 Å². The highest BCUT2D eigenvalue weighted by molar-refractivity contribution is 7.98. The predicted molar refractivity (Wildman–Crippen MR) is 87.2 cm³/mol. The molecule has 1 aliphatic rings. The summed E-state index contributed by atoms with van der Waals surface area (Å²) in [5.74, 6) is 1.09. The van der Waals surface area contributed by atoms with E-state index in [1.165, 1.54) is 12.0 Å². The van der Waals surface area contributed by atoms with Gasteiger partial charge in [-0.15, -0.1) is 0 Å². The second-order valence-electron chi connectivity index (χ2n) is 5.61. The lowest BCUT2D eigenvalue weighted by Gasteiger charge is -2.31. The maximum absolute atomic E-state index is 12.3. The molecule has 2 rings (SSSR count). The summed E-state index contributed by atoms with van der Waals surface area (Å²) < 4.78 is 0. The van der Waals surface area contributed by atoms with Crippen LogP contribution in [0.5, 0.6) is 0 Å². The van der Waals surface area contributed by atoms with Gasteiger partial charge >= 0.3 is 0 Å². The second-order valence-corrected chi connectivity index (χ2v) is 6.60. The molecule has 4 heteroatoms. The Hall–Kier alpha value is -1.00. The number of hydrogen-bond donors (Lipinski definition) is 2. The molecule has 0 unspecified atom stereocenters. The van der Waals surface area contributed by atoms with E-state index in [0.717, 1.165) is 43.5 Å². The topological polar surface area (TPSA) is 55.1 Å². The van der Waals surface area contributed by atoms with Gasteiger partial charge in [0.1, 0.15) is 0 Å². The maximum atomic E-state index is 12.3. The highest BCUT2D eigenvalue weighted by atomic mass is 32.2. The fraction of sp³-hybridized carbons (Fsp3) is 0.562. The quantitative estimate of drug-likeness (QED) is 0.876. The van der Waals surface area contributed by atoms with Crippen LogP contribution in [0.1, 0.15) is 37.7 Å². The summed E-state index contributed by atoms with van der Waals surface area (Å²) >= 11 is 1.84. The third-order valence-corrected chi connectivity index (χ3v) is 4.62. The van der Waals surface area contributed by atoms with Crippen molar-refractivity contribution in [1.29, 1.82) is 0 Å². The van der Waals surface area contributed by atoms with Crippen molar-refractivity contribution in [3.63, 3.8) is 0 Å². The summed E-state index contributed by atoms with van der Waals surface area (Å²) in [6.07, 6.45) is 8.07. The summed E-state index contributed by atoms with van der Waals surface area (Å²) in [5, 5.41) is 2.97. The number of thioether (sulfide) groups is 1. The Morgan fingerprint density at radius 3 is 2.50 bits per heavy atom. The van der Waals surface area contributed by atoms with Gasteiger partial charge in [-0.3, -0.25) is 4.79 Å². The smallest absolute Gasteiger partial charge is 0.244 e. The molecule has 0 heterocycles. The van der Waals surface area contributed by atoms with Crippen LogP contribution in [0, 0.1) is 0 Å². The lowest BCUT2D eigenvalue weighted by Crippen LogP contribution is -2.52. The molecule has 0 saturated heterocycles. The Kier molecular flexibility index (Phi) is 5.49. The molecule has 1 saturated carbocycles. The van der Waals surface area contributed by atoms with Crippen LogP contribution in [0.25, 0.3) is 0 Å². The van der Waals surface area contributed by atoms with E-state index in [1.54, 1.807) is 0 Å². The Bertz CT molecular complexity index is 438. The van der Waals surface area contributed by atoms with Gasteiger partial charge in [-0.05, 0) is 49.0 Å². The first kappa shape index (κ1) is 15.4. The monoisotopic (exact) mass is 292 g/mol. The molecule has 0 radical (unpaired) electrons. The molecule has 20 heavy (non-hydrogen) atoms. The highest BCUT2D eigenvalue weighted by Gasteiger charge is 2.35. The molecule has 1 aromatic rings. The van der Waals surface area contributed by atoms with Gasteiger partial charge < -0.3 is 11.1 Å². The molecule has 1 aromatic carbocycles. The molecule has 3 nitrogen and oxygen atoms in total. The zero-order valence-electron chi connectivity index (χ0n) is 12.2. The van der Waals surface area contributed by atoms with Crippen molar-refractivity contribution in [2.24, 2.45) is 5.73 Å². The largest absolute Gasteiger partial charge is 0.324 e. The summed E-state index contributed by atoms with van der Waals surface area (Å²) in [6, 6.07) is 8.10. The van der Waals surface area contributed by atoms with Gasteiger partial charge in [-0.25, -0.2) is 0 Å². The third-order valence-electron chi connectivity index (χ3n) is 4.00. The Morgan fingerprint density at radius 2 is 1.90 bits per heavy atom. The van der Waals surface area contributed by atoms with E-state index >= 15 is 0 Å². The van der Waals surface area contributed by atoms with Crippen molar-refractivity contribution in [3.05, 3.63) is 29.8 Å².